The fraction of sp³-hybridized carbons (Fsp3) is 0.333. The average molecular weight is 608 g/mol. The Morgan fingerprint density at radius 3 is 1.74 bits per heavy atom. The Morgan fingerprint density at radius 2 is 1.26 bits per heavy atom. The third kappa shape index (κ3) is 10.2. The minimum absolute atomic E-state index is 0.0454. The first-order chi connectivity index (χ1) is 21.1. The zero-order valence-electron chi connectivity index (χ0n) is 24.6. The summed E-state index contributed by atoms with van der Waals surface area (Å²) in [6, 6.07) is 31.6. The van der Waals surface area contributed by atoms with Crippen molar-refractivity contribution in [3.05, 3.63) is 120 Å². The number of amides is 2. The van der Waals surface area contributed by atoms with Gasteiger partial charge in [-0.15, -0.1) is 0 Å². The van der Waals surface area contributed by atoms with Gasteiger partial charge >= 0.3 is 268 Å². The first kappa shape index (κ1) is 34.3. The van der Waals surface area contributed by atoms with E-state index < -0.39 is 4.75 Å². The van der Waals surface area contributed by atoms with Gasteiger partial charge < -0.3 is 0 Å². The molecule has 0 aliphatic rings. The normalized spacial score (nSPS) is 10.9. The summed E-state index contributed by atoms with van der Waals surface area (Å²) < 4.78 is -0.446. The van der Waals surface area contributed by atoms with Crippen molar-refractivity contribution in [2.45, 2.75) is 11.2 Å². The van der Waals surface area contributed by atoms with Crippen LogP contribution in [0.1, 0.15) is 23.1 Å². The van der Waals surface area contributed by atoms with Crippen LogP contribution in [-0.4, -0.2) is 93.4 Å². The number of carbonyl (C=O) groups excluding carboxylic acids is 2. The third-order valence-electron chi connectivity index (χ3n) is 6.97. The molecule has 0 spiro atoms. The van der Waals surface area contributed by atoms with E-state index in [2.05, 4.69) is 89.2 Å². The van der Waals surface area contributed by atoms with Gasteiger partial charge in [0, 0.05) is 0 Å². The van der Waals surface area contributed by atoms with Gasteiger partial charge in [-0.2, -0.15) is 0 Å². The number of hydrogen-bond donors (Lipinski definition) is 0. The fourth-order valence-electron chi connectivity index (χ4n) is 4.86. The Morgan fingerprint density at radius 1 is 0.721 bits per heavy atom. The second-order valence-electron chi connectivity index (χ2n) is 9.75. The second-order valence-corrected chi connectivity index (χ2v) is 12.3. The van der Waals surface area contributed by atoms with Crippen LogP contribution < -0.4 is 0 Å². The summed E-state index contributed by atoms with van der Waals surface area (Å²) in [7, 11) is 10.6. The molecule has 3 aromatic carbocycles. The number of rotatable bonds is 20. The van der Waals surface area contributed by atoms with Crippen LogP contribution in [0.25, 0.3) is 0 Å². The van der Waals surface area contributed by atoms with Crippen LogP contribution in [0.5, 0.6) is 0 Å². The van der Waals surface area contributed by atoms with E-state index in [1.54, 1.807) is 22.7 Å². The molecule has 10 heteroatoms. The molecule has 0 bridgehead atoms. The number of hydrogen-bond acceptors (Lipinski definition) is 6. The first-order valence-electron chi connectivity index (χ1n) is 14.3. The molecule has 2 radical (unpaired) electrons. The molecule has 0 heterocycles. The Labute approximate surface area is 267 Å². The molecule has 0 aromatic heterocycles. The topological polar surface area (TPSA) is 65.3 Å². The van der Waals surface area contributed by atoms with E-state index in [-0.39, 0.29) is 18.4 Å². The molecule has 0 saturated carbocycles. The average Bonchev–Trinajstić information content (AvgIpc) is 3.05. The van der Waals surface area contributed by atoms with Crippen molar-refractivity contribution in [3.8, 4) is 0 Å². The summed E-state index contributed by atoms with van der Waals surface area (Å²) in [5.41, 5.74) is 3.56. The summed E-state index contributed by atoms with van der Waals surface area (Å²) in [5.74, 6) is 2.02. The number of carbonyl (C=O) groups is 2. The van der Waals surface area contributed by atoms with Crippen LogP contribution in [0.2, 0.25) is 0 Å². The molecule has 3 rings (SSSR count). The van der Waals surface area contributed by atoms with Gasteiger partial charge in [-0.05, 0) is 0 Å². The van der Waals surface area contributed by atoms with Gasteiger partial charge in [-0.1, -0.05) is 0 Å². The molecule has 220 valence electrons. The van der Waals surface area contributed by atoms with Gasteiger partial charge in [-0.25, -0.2) is 0 Å². The van der Waals surface area contributed by atoms with Crippen LogP contribution in [0, 0.1) is 0 Å². The Kier molecular flexibility index (Phi) is 15.2. The van der Waals surface area contributed by atoms with Crippen LogP contribution in [0.15, 0.2) is 113 Å². The van der Waals surface area contributed by atoms with Crippen molar-refractivity contribution in [2.75, 3.05) is 56.5 Å². The van der Waals surface area contributed by atoms with Crippen molar-refractivity contribution in [3.63, 3.8) is 0 Å². The SMILES string of the molecule is [B]=NCCN(CCSC(c1ccccc1)(c1ccccc1)c1ccccc1)C(=O)CCSCCN(CC=C)C(=O)CN=[B]. The zero-order valence-corrected chi connectivity index (χ0v) is 26.2. The van der Waals surface area contributed by atoms with Gasteiger partial charge in [0.15, 0.2) is 0 Å². The second kappa shape index (κ2) is 19.1. The molecule has 6 nitrogen and oxygen atoms in total. The molecule has 0 saturated heterocycles. The molecule has 0 fully saturated rings. The van der Waals surface area contributed by atoms with E-state index in [0.29, 0.717) is 56.4 Å². The van der Waals surface area contributed by atoms with Gasteiger partial charge in [0.05, 0.1) is 0 Å². The van der Waals surface area contributed by atoms with Crippen LogP contribution in [0.3, 0.4) is 0 Å². The van der Waals surface area contributed by atoms with E-state index >= 15 is 0 Å². The molecular formula is C33H38B2N4O2S2. The molecule has 0 aliphatic heterocycles. The van der Waals surface area contributed by atoms with Gasteiger partial charge in [0.25, 0.3) is 0 Å². The van der Waals surface area contributed by atoms with E-state index in [1.165, 1.54) is 16.7 Å². The predicted octanol–water partition coefficient (Wildman–Crippen LogP) is 5.38. The maximum atomic E-state index is 13.3. The molecular weight excluding hydrogens is 570 g/mol. The molecule has 0 atom stereocenters. The summed E-state index contributed by atoms with van der Waals surface area (Å²) in [6.45, 7) is 6.09. The molecule has 3 aromatic rings. The predicted molar refractivity (Wildman–Crippen MR) is 183 cm³/mol. The minimum atomic E-state index is -0.446. The summed E-state index contributed by atoms with van der Waals surface area (Å²) in [6.07, 6.45) is 2.08. The summed E-state index contributed by atoms with van der Waals surface area (Å²) >= 11 is 3.47. The molecule has 0 aliphatic carbocycles. The van der Waals surface area contributed by atoms with Crippen LogP contribution in [-0.2, 0) is 14.3 Å². The number of thioether (sulfide) groups is 2. The third-order valence-corrected chi connectivity index (χ3v) is 9.46. The van der Waals surface area contributed by atoms with Crippen LogP contribution in [0.4, 0.5) is 0 Å². The van der Waals surface area contributed by atoms with E-state index in [4.69, 9.17) is 15.3 Å². The number of benzene rings is 3. The van der Waals surface area contributed by atoms with Crippen molar-refractivity contribution >= 4 is 50.6 Å². The Bertz CT molecular complexity index is 1200. The van der Waals surface area contributed by atoms with Gasteiger partial charge in [0.2, 0.25) is 0 Å². The number of nitrogens with zero attached hydrogens (tertiary/aromatic N) is 4. The Hall–Kier alpha value is -3.23. The molecule has 0 unspecified atom stereocenters. The van der Waals surface area contributed by atoms with Crippen molar-refractivity contribution in [2.24, 2.45) is 9.79 Å². The van der Waals surface area contributed by atoms with E-state index in [0.717, 1.165) is 0 Å². The molecule has 2 amide bonds. The van der Waals surface area contributed by atoms with Gasteiger partial charge in [0.1, 0.15) is 0 Å². The summed E-state index contributed by atoms with van der Waals surface area (Å²) in [5, 5.41) is 0. The Balaban J connectivity index is 1.69. The quantitative estimate of drug-likeness (QED) is 0.0748. The standard InChI is InChI=1S/C33H38B2N4O2S2/c1-2-20-38(32(41)27-37-35)22-25-42-24-18-31(40)39(21-19-36-34)23-26-43-33(28-12-6-3-7-13-28,29-14-8-4-9-15-29)30-16-10-5-11-17-30/h2-17H,1,18-27H2. The molecule has 0 N–H and O–H groups in total. The maximum absolute atomic E-state index is 13.3. The first-order valence-corrected chi connectivity index (χ1v) is 16.5. The van der Waals surface area contributed by atoms with Gasteiger partial charge in [-0.3, -0.25) is 0 Å². The summed E-state index contributed by atoms with van der Waals surface area (Å²) in [4.78, 5) is 36.2. The van der Waals surface area contributed by atoms with E-state index in [9.17, 15) is 9.59 Å². The monoisotopic (exact) mass is 608 g/mol. The van der Waals surface area contributed by atoms with Crippen molar-refractivity contribution in [1.29, 1.82) is 0 Å². The zero-order chi connectivity index (χ0) is 30.8. The fourth-order valence-corrected chi connectivity index (χ4v) is 7.26. The van der Waals surface area contributed by atoms with Crippen molar-refractivity contribution in [1.82, 2.24) is 9.80 Å². The molecule has 43 heavy (non-hydrogen) atoms. The van der Waals surface area contributed by atoms with Crippen molar-refractivity contribution < 1.29 is 9.59 Å². The van der Waals surface area contributed by atoms with E-state index in [1.807, 2.05) is 34.9 Å². The van der Waals surface area contributed by atoms with Crippen LogP contribution >= 0.6 is 23.5 Å².